The number of aryl methyl sites for hydroxylation is 1. The molecule has 1 aliphatic heterocycles. The summed E-state index contributed by atoms with van der Waals surface area (Å²) in [5.41, 5.74) is 9.15. The van der Waals surface area contributed by atoms with Gasteiger partial charge in [-0.2, -0.15) is 10.1 Å². The lowest BCUT2D eigenvalue weighted by molar-refractivity contribution is 0.294. The maximum absolute atomic E-state index is 14.8. The second kappa shape index (κ2) is 6.62. The molecule has 2 aromatic rings. The summed E-state index contributed by atoms with van der Waals surface area (Å²) in [4.78, 5) is 8.52. The molecule has 2 N–H and O–H groups in total. The van der Waals surface area contributed by atoms with Crippen molar-refractivity contribution in [1.29, 1.82) is 0 Å². The van der Waals surface area contributed by atoms with E-state index in [1.807, 2.05) is 20.8 Å². The summed E-state index contributed by atoms with van der Waals surface area (Å²) in [6, 6.07) is -0.0962. The summed E-state index contributed by atoms with van der Waals surface area (Å²) in [5.74, 6) is 0.595. The van der Waals surface area contributed by atoms with Crippen molar-refractivity contribution < 1.29 is 13.9 Å². The fourth-order valence-corrected chi connectivity index (χ4v) is 3.09. The Balaban J connectivity index is 1.68. The first kappa shape index (κ1) is 17.4. The SMILES string of the molecule is CC1=CC2=C(F)C(Oc3ncnn4cc(OCC(C)N)c(C)c34)=CCC2=N1. The van der Waals surface area contributed by atoms with Crippen LogP contribution in [0.25, 0.3) is 5.52 Å². The van der Waals surface area contributed by atoms with E-state index in [1.165, 1.54) is 6.33 Å². The molecule has 27 heavy (non-hydrogen) atoms. The standard InChI is InChI=1S/C19H20FN5O2/c1-10(21)8-26-16-7-25-18(12(16)3)19(22-9-23-25)27-15-5-4-14-13(17(15)20)6-11(2)24-14/h5-7,9-10H,4,8,21H2,1-3H3. The van der Waals surface area contributed by atoms with Gasteiger partial charge < -0.3 is 15.2 Å². The summed E-state index contributed by atoms with van der Waals surface area (Å²) >= 11 is 0. The van der Waals surface area contributed by atoms with E-state index >= 15 is 0 Å². The first-order chi connectivity index (χ1) is 12.9. The van der Waals surface area contributed by atoms with Crippen LogP contribution in [-0.4, -0.2) is 33.0 Å². The van der Waals surface area contributed by atoms with Gasteiger partial charge in [-0.3, -0.25) is 4.99 Å². The highest BCUT2D eigenvalue weighted by Gasteiger charge is 2.26. The van der Waals surface area contributed by atoms with Crippen LogP contribution >= 0.6 is 0 Å². The average molecular weight is 369 g/mol. The second-order valence-corrected chi connectivity index (χ2v) is 6.71. The predicted molar refractivity (Wildman–Crippen MR) is 99.5 cm³/mol. The van der Waals surface area contributed by atoms with Gasteiger partial charge >= 0.3 is 0 Å². The van der Waals surface area contributed by atoms with Crippen LogP contribution in [0.5, 0.6) is 11.6 Å². The molecule has 0 radical (unpaired) electrons. The van der Waals surface area contributed by atoms with Crippen LogP contribution in [-0.2, 0) is 0 Å². The number of hydrogen-bond donors (Lipinski definition) is 1. The van der Waals surface area contributed by atoms with Crippen molar-refractivity contribution in [1.82, 2.24) is 14.6 Å². The third kappa shape index (κ3) is 3.12. The molecule has 140 valence electrons. The van der Waals surface area contributed by atoms with Gasteiger partial charge in [0.2, 0.25) is 5.88 Å². The predicted octanol–water partition coefficient (Wildman–Crippen LogP) is 3.01. The summed E-state index contributed by atoms with van der Waals surface area (Å²) in [6.07, 6.45) is 7.00. The summed E-state index contributed by atoms with van der Waals surface area (Å²) in [7, 11) is 0. The van der Waals surface area contributed by atoms with E-state index in [0.717, 1.165) is 17.0 Å². The van der Waals surface area contributed by atoms with Crippen LogP contribution in [0.15, 0.2) is 52.5 Å². The molecule has 7 nitrogen and oxygen atoms in total. The Morgan fingerprint density at radius 2 is 2.19 bits per heavy atom. The van der Waals surface area contributed by atoms with Crippen molar-refractivity contribution in [2.24, 2.45) is 10.7 Å². The number of nitrogens with two attached hydrogens (primary N) is 1. The van der Waals surface area contributed by atoms with Crippen molar-refractivity contribution >= 4 is 11.2 Å². The lowest BCUT2D eigenvalue weighted by Gasteiger charge is -2.15. The van der Waals surface area contributed by atoms with Gasteiger partial charge in [-0.15, -0.1) is 0 Å². The molecule has 1 atom stereocenters. The molecule has 0 saturated carbocycles. The molecule has 8 heteroatoms. The molecule has 0 bridgehead atoms. The van der Waals surface area contributed by atoms with Crippen molar-refractivity contribution in [3.05, 3.63) is 53.1 Å². The summed E-state index contributed by atoms with van der Waals surface area (Å²) < 4.78 is 28.0. The summed E-state index contributed by atoms with van der Waals surface area (Å²) in [6.45, 7) is 5.96. The van der Waals surface area contributed by atoms with Gasteiger partial charge in [0.25, 0.3) is 0 Å². The van der Waals surface area contributed by atoms with Gasteiger partial charge in [0.1, 0.15) is 24.2 Å². The van der Waals surface area contributed by atoms with Crippen LogP contribution in [0.3, 0.4) is 0 Å². The van der Waals surface area contributed by atoms with Gasteiger partial charge in [0.05, 0.1) is 11.9 Å². The van der Waals surface area contributed by atoms with E-state index in [1.54, 1.807) is 22.9 Å². The molecule has 0 amide bonds. The topological polar surface area (TPSA) is 87.0 Å². The minimum atomic E-state index is -0.439. The lowest BCUT2D eigenvalue weighted by atomic mass is 10.0. The minimum Gasteiger partial charge on any atom is -0.490 e. The molecule has 2 aromatic heterocycles. The number of halogens is 1. The number of rotatable bonds is 5. The largest absolute Gasteiger partial charge is 0.490 e. The Bertz CT molecular complexity index is 1050. The Kier molecular flexibility index (Phi) is 4.27. The van der Waals surface area contributed by atoms with Crippen molar-refractivity contribution in [3.63, 3.8) is 0 Å². The number of aromatic nitrogens is 3. The number of fused-ring (bicyclic) bond motifs is 2. The first-order valence-electron chi connectivity index (χ1n) is 8.69. The van der Waals surface area contributed by atoms with Gasteiger partial charge in [-0.05, 0) is 32.9 Å². The second-order valence-electron chi connectivity index (χ2n) is 6.71. The Morgan fingerprint density at radius 1 is 1.37 bits per heavy atom. The normalized spacial score (nSPS) is 17.4. The Hall–Kier alpha value is -3.00. The molecule has 0 fully saturated rings. The minimum absolute atomic E-state index is 0.0962. The molecule has 1 aliphatic carbocycles. The van der Waals surface area contributed by atoms with Crippen LogP contribution in [0, 0.1) is 6.92 Å². The Labute approximate surface area is 155 Å². The average Bonchev–Trinajstić information content (AvgIpc) is 3.16. The number of hydrogen-bond acceptors (Lipinski definition) is 6. The molecule has 3 heterocycles. The van der Waals surface area contributed by atoms with E-state index in [2.05, 4.69) is 15.1 Å². The fourth-order valence-electron chi connectivity index (χ4n) is 3.09. The molecule has 4 rings (SSSR count). The van der Waals surface area contributed by atoms with E-state index < -0.39 is 5.83 Å². The van der Waals surface area contributed by atoms with Crippen molar-refractivity contribution in [3.8, 4) is 11.6 Å². The highest BCUT2D eigenvalue weighted by atomic mass is 19.1. The number of allylic oxidation sites excluding steroid dienone is 5. The van der Waals surface area contributed by atoms with Crippen LogP contribution in [0.1, 0.15) is 25.8 Å². The van der Waals surface area contributed by atoms with Crippen LogP contribution in [0.2, 0.25) is 0 Å². The Morgan fingerprint density at radius 3 is 2.96 bits per heavy atom. The van der Waals surface area contributed by atoms with Gasteiger partial charge in [-0.25, -0.2) is 8.91 Å². The highest BCUT2D eigenvalue weighted by molar-refractivity contribution is 6.08. The molecule has 0 aromatic carbocycles. The van der Waals surface area contributed by atoms with E-state index in [9.17, 15) is 4.39 Å². The molecule has 0 spiro atoms. The van der Waals surface area contributed by atoms with Crippen molar-refractivity contribution in [2.75, 3.05) is 6.61 Å². The quantitative estimate of drug-likeness (QED) is 0.875. The third-order valence-corrected chi connectivity index (χ3v) is 4.36. The van der Waals surface area contributed by atoms with Gasteiger partial charge in [0.15, 0.2) is 11.6 Å². The molecular weight excluding hydrogens is 349 g/mol. The first-order valence-corrected chi connectivity index (χ1v) is 8.69. The monoisotopic (exact) mass is 369 g/mol. The molecule has 1 unspecified atom stereocenters. The van der Waals surface area contributed by atoms with Crippen LogP contribution in [0.4, 0.5) is 4.39 Å². The van der Waals surface area contributed by atoms with Gasteiger partial charge in [-0.1, -0.05) is 0 Å². The third-order valence-electron chi connectivity index (χ3n) is 4.36. The lowest BCUT2D eigenvalue weighted by Crippen LogP contribution is -2.23. The molecule has 2 aliphatic rings. The zero-order valence-corrected chi connectivity index (χ0v) is 15.4. The smallest absolute Gasteiger partial charge is 0.247 e. The fraction of sp³-hybridized carbons (Fsp3) is 0.316. The number of nitrogens with zero attached hydrogens (tertiary/aromatic N) is 4. The van der Waals surface area contributed by atoms with E-state index in [-0.39, 0.29) is 17.7 Å². The summed E-state index contributed by atoms with van der Waals surface area (Å²) in [5, 5.41) is 4.19. The van der Waals surface area contributed by atoms with E-state index in [0.29, 0.717) is 29.9 Å². The highest BCUT2D eigenvalue weighted by Crippen LogP contribution is 2.35. The maximum Gasteiger partial charge on any atom is 0.247 e. The van der Waals surface area contributed by atoms with Gasteiger partial charge in [0, 0.05) is 29.3 Å². The zero-order chi connectivity index (χ0) is 19.1. The van der Waals surface area contributed by atoms with E-state index in [4.69, 9.17) is 15.2 Å². The molecular formula is C19H20FN5O2. The zero-order valence-electron chi connectivity index (χ0n) is 15.4. The van der Waals surface area contributed by atoms with Crippen LogP contribution < -0.4 is 15.2 Å². The molecule has 0 saturated heterocycles. The number of aliphatic imine (C=N–C) groups is 1. The van der Waals surface area contributed by atoms with Crippen molar-refractivity contribution in [2.45, 2.75) is 33.2 Å². The maximum atomic E-state index is 14.8. The number of ether oxygens (including phenoxy) is 2.